The molecule has 130 valence electrons. The van der Waals surface area contributed by atoms with Gasteiger partial charge in [0.25, 0.3) is 11.6 Å². The number of halogens is 1. The van der Waals surface area contributed by atoms with E-state index in [1.807, 2.05) is 0 Å². The summed E-state index contributed by atoms with van der Waals surface area (Å²) in [5, 5.41) is 11.7. The highest BCUT2D eigenvalue weighted by atomic mass is 79.9. The zero-order valence-electron chi connectivity index (χ0n) is 14.6. The summed E-state index contributed by atoms with van der Waals surface area (Å²) in [4.78, 5) is 2.30. The Morgan fingerprint density at radius 1 is 1.00 bits per heavy atom. The SMILES string of the molecule is Cc1ccc([C@@]2(O)CN(c3ccc(Br)cc3)C3=[N+]2CCCCC3)cc1. The van der Waals surface area contributed by atoms with Crippen molar-refractivity contribution in [1.29, 1.82) is 0 Å². The molecule has 0 fully saturated rings. The van der Waals surface area contributed by atoms with Gasteiger partial charge in [-0.25, -0.2) is 9.48 Å². The van der Waals surface area contributed by atoms with Crippen molar-refractivity contribution in [3.05, 3.63) is 64.1 Å². The molecule has 2 aromatic carbocycles. The van der Waals surface area contributed by atoms with Gasteiger partial charge in [-0.2, -0.15) is 0 Å². The van der Waals surface area contributed by atoms with Gasteiger partial charge in [-0.3, -0.25) is 0 Å². The summed E-state index contributed by atoms with van der Waals surface area (Å²) in [5.41, 5.74) is 2.39. The molecule has 1 atom stereocenters. The van der Waals surface area contributed by atoms with E-state index in [0.717, 1.165) is 35.1 Å². The maximum absolute atomic E-state index is 11.7. The lowest BCUT2D eigenvalue weighted by atomic mass is 10.0. The maximum atomic E-state index is 11.7. The molecule has 3 nitrogen and oxygen atoms in total. The monoisotopic (exact) mass is 399 g/mol. The van der Waals surface area contributed by atoms with Crippen LogP contribution in [-0.4, -0.2) is 28.6 Å². The molecule has 0 aromatic heterocycles. The predicted molar refractivity (Wildman–Crippen MR) is 105 cm³/mol. The largest absolute Gasteiger partial charge is 0.346 e. The summed E-state index contributed by atoms with van der Waals surface area (Å²) in [7, 11) is 0. The highest BCUT2D eigenvalue weighted by molar-refractivity contribution is 9.10. The Bertz CT molecular complexity index is 798. The molecule has 2 heterocycles. The normalized spacial score (nSPS) is 23.6. The molecule has 0 bridgehead atoms. The van der Waals surface area contributed by atoms with Gasteiger partial charge >= 0.3 is 0 Å². The average molecular weight is 400 g/mol. The van der Waals surface area contributed by atoms with Gasteiger partial charge in [-0.15, -0.1) is 0 Å². The number of anilines is 1. The number of nitrogens with zero attached hydrogens (tertiary/aromatic N) is 2. The van der Waals surface area contributed by atoms with Gasteiger partial charge in [0.05, 0.1) is 6.54 Å². The third-order valence-corrected chi connectivity index (χ3v) is 5.91. The van der Waals surface area contributed by atoms with E-state index >= 15 is 0 Å². The van der Waals surface area contributed by atoms with Crippen molar-refractivity contribution >= 4 is 27.5 Å². The van der Waals surface area contributed by atoms with Gasteiger partial charge in [0.2, 0.25) is 0 Å². The standard InChI is InChI=1S/C21H24BrN2O/c1-16-6-8-17(9-7-16)21(25)15-23(19-12-10-18(22)11-13-19)20-5-3-2-4-14-24(20)21/h6-13,25H,2-5,14-15H2,1H3/q+1/t21-/m0/s1. The minimum absolute atomic E-state index is 0.576. The van der Waals surface area contributed by atoms with Crippen molar-refractivity contribution in [3.8, 4) is 0 Å². The Morgan fingerprint density at radius 3 is 2.44 bits per heavy atom. The number of rotatable bonds is 2. The zero-order chi connectivity index (χ0) is 17.4. The second-order valence-corrected chi connectivity index (χ2v) is 8.04. The third-order valence-electron chi connectivity index (χ3n) is 5.38. The van der Waals surface area contributed by atoms with Crippen molar-refractivity contribution < 1.29 is 9.68 Å². The quantitative estimate of drug-likeness (QED) is 0.756. The number of aliphatic hydroxyl groups is 1. The topological polar surface area (TPSA) is 26.5 Å². The molecule has 0 spiro atoms. The van der Waals surface area contributed by atoms with E-state index in [4.69, 9.17) is 0 Å². The highest BCUT2D eigenvalue weighted by Gasteiger charge is 2.51. The number of hydrogen-bond donors (Lipinski definition) is 1. The van der Waals surface area contributed by atoms with Crippen LogP contribution in [0.25, 0.3) is 0 Å². The fourth-order valence-electron chi connectivity index (χ4n) is 4.00. The molecule has 0 saturated heterocycles. The molecular formula is C21H24BrN2O+. The van der Waals surface area contributed by atoms with Crippen LogP contribution < -0.4 is 4.90 Å². The Morgan fingerprint density at radius 2 is 1.72 bits per heavy atom. The Hall–Kier alpha value is -1.65. The van der Waals surface area contributed by atoms with Gasteiger partial charge in [0, 0.05) is 16.5 Å². The summed E-state index contributed by atoms with van der Waals surface area (Å²) in [5.74, 6) is 1.25. The number of amidine groups is 1. The van der Waals surface area contributed by atoms with Gasteiger partial charge in [-0.1, -0.05) is 45.8 Å². The van der Waals surface area contributed by atoms with Gasteiger partial charge in [0.1, 0.15) is 5.69 Å². The first kappa shape index (κ1) is 16.8. The Balaban J connectivity index is 1.79. The van der Waals surface area contributed by atoms with E-state index in [0.29, 0.717) is 6.54 Å². The summed E-state index contributed by atoms with van der Waals surface area (Å²) < 4.78 is 3.32. The summed E-state index contributed by atoms with van der Waals surface area (Å²) in [6.45, 7) is 3.57. The molecule has 0 amide bonds. The van der Waals surface area contributed by atoms with Crippen LogP contribution in [0.2, 0.25) is 0 Å². The van der Waals surface area contributed by atoms with Gasteiger partial charge in [-0.05, 0) is 50.5 Å². The molecular weight excluding hydrogens is 376 g/mol. The molecule has 2 aliphatic heterocycles. The second-order valence-electron chi connectivity index (χ2n) is 7.12. The fourth-order valence-corrected chi connectivity index (χ4v) is 4.26. The van der Waals surface area contributed by atoms with Crippen LogP contribution in [-0.2, 0) is 5.72 Å². The van der Waals surface area contributed by atoms with E-state index in [1.165, 1.54) is 24.2 Å². The number of aryl methyl sites for hydroxylation is 1. The first-order chi connectivity index (χ1) is 12.1. The Labute approximate surface area is 157 Å². The molecule has 25 heavy (non-hydrogen) atoms. The van der Waals surface area contributed by atoms with Crippen molar-refractivity contribution in [3.63, 3.8) is 0 Å². The molecule has 0 aliphatic carbocycles. The fraction of sp³-hybridized carbons (Fsp3) is 0.381. The smallest absolute Gasteiger partial charge is 0.271 e. The van der Waals surface area contributed by atoms with Crippen molar-refractivity contribution in [2.45, 2.75) is 38.3 Å². The number of hydrogen-bond acceptors (Lipinski definition) is 2. The predicted octanol–water partition coefficient (Wildman–Crippen LogP) is 4.41. The van der Waals surface area contributed by atoms with Crippen LogP contribution in [0.5, 0.6) is 0 Å². The molecule has 4 rings (SSSR count). The second kappa shape index (κ2) is 6.58. The molecule has 0 radical (unpaired) electrons. The number of β-amino-alcohol motifs (C(OH)–C–C–N with tert-alkyl or cyclic N) is 1. The van der Waals surface area contributed by atoms with Crippen molar-refractivity contribution in [1.82, 2.24) is 0 Å². The molecule has 1 N–H and O–H groups in total. The number of benzene rings is 2. The maximum Gasteiger partial charge on any atom is 0.271 e. The van der Waals surface area contributed by atoms with Crippen LogP contribution in [0, 0.1) is 6.92 Å². The van der Waals surface area contributed by atoms with E-state index in [-0.39, 0.29) is 0 Å². The Kier molecular flexibility index (Phi) is 4.42. The molecule has 0 saturated carbocycles. The molecule has 4 heteroatoms. The first-order valence-electron chi connectivity index (χ1n) is 9.04. The molecule has 2 aromatic rings. The minimum Gasteiger partial charge on any atom is -0.346 e. The van der Waals surface area contributed by atoms with Gasteiger partial charge < -0.3 is 5.11 Å². The van der Waals surface area contributed by atoms with Crippen LogP contribution in [0.15, 0.2) is 53.0 Å². The van der Waals surface area contributed by atoms with Gasteiger partial charge in [0.15, 0.2) is 6.54 Å². The lowest BCUT2D eigenvalue weighted by molar-refractivity contribution is -0.658. The van der Waals surface area contributed by atoms with E-state index in [2.05, 4.69) is 80.9 Å². The highest BCUT2D eigenvalue weighted by Crippen LogP contribution is 2.35. The first-order valence-corrected chi connectivity index (χ1v) is 9.83. The third kappa shape index (κ3) is 3.02. The van der Waals surface area contributed by atoms with E-state index in [1.54, 1.807) is 0 Å². The van der Waals surface area contributed by atoms with Crippen LogP contribution >= 0.6 is 15.9 Å². The average Bonchev–Trinajstić information content (AvgIpc) is 2.78. The van der Waals surface area contributed by atoms with Crippen LogP contribution in [0.4, 0.5) is 5.69 Å². The van der Waals surface area contributed by atoms with Crippen LogP contribution in [0.3, 0.4) is 0 Å². The van der Waals surface area contributed by atoms with Crippen molar-refractivity contribution in [2.24, 2.45) is 0 Å². The minimum atomic E-state index is -0.958. The van der Waals surface area contributed by atoms with Crippen LogP contribution in [0.1, 0.15) is 36.8 Å². The zero-order valence-corrected chi connectivity index (χ0v) is 16.2. The summed E-state index contributed by atoms with van der Waals surface area (Å²) in [6, 6.07) is 16.7. The molecule has 2 aliphatic rings. The molecule has 0 unspecified atom stereocenters. The van der Waals surface area contributed by atoms with Crippen molar-refractivity contribution in [2.75, 3.05) is 18.0 Å². The summed E-state index contributed by atoms with van der Waals surface area (Å²) in [6.07, 6.45) is 4.55. The van der Waals surface area contributed by atoms with E-state index < -0.39 is 5.72 Å². The van der Waals surface area contributed by atoms with E-state index in [9.17, 15) is 5.11 Å². The summed E-state index contributed by atoms with van der Waals surface area (Å²) >= 11 is 3.52. The lowest BCUT2D eigenvalue weighted by Crippen LogP contribution is -2.41. The lowest BCUT2D eigenvalue weighted by Gasteiger charge is -2.23.